The van der Waals surface area contributed by atoms with Crippen molar-refractivity contribution in [1.29, 1.82) is 0 Å². The van der Waals surface area contributed by atoms with E-state index in [4.69, 9.17) is 4.74 Å². The molecule has 20 heavy (non-hydrogen) atoms. The number of benzene rings is 2. The van der Waals surface area contributed by atoms with Crippen LogP contribution in [-0.4, -0.2) is 5.11 Å². The van der Waals surface area contributed by atoms with Crippen molar-refractivity contribution in [2.45, 2.75) is 33.0 Å². The first-order valence-corrected chi connectivity index (χ1v) is 6.78. The second-order valence-electron chi connectivity index (χ2n) is 4.82. The standard InChI is InChI=1S/C17H19FO2/c1-3-13-4-6-14(7-5-13)11-20-17-10-15(18)8-9-16(17)12(2)19/h4-10,12,19H,3,11H2,1-2H3/t12-/m0/s1. The Labute approximate surface area is 118 Å². The normalized spacial score (nSPS) is 12.2. The van der Waals surface area contributed by atoms with Gasteiger partial charge in [-0.05, 0) is 36.6 Å². The van der Waals surface area contributed by atoms with E-state index in [1.165, 1.54) is 17.7 Å². The quantitative estimate of drug-likeness (QED) is 0.892. The van der Waals surface area contributed by atoms with Gasteiger partial charge in [0.2, 0.25) is 0 Å². The first-order chi connectivity index (χ1) is 9.60. The van der Waals surface area contributed by atoms with Gasteiger partial charge >= 0.3 is 0 Å². The molecule has 0 amide bonds. The van der Waals surface area contributed by atoms with Crippen LogP contribution in [0.25, 0.3) is 0 Å². The van der Waals surface area contributed by atoms with Crippen molar-refractivity contribution in [3.05, 3.63) is 65.0 Å². The lowest BCUT2D eigenvalue weighted by Crippen LogP contribution is -2.01. The van der Waals surface area contributed by atoms with Crippen molar-refractivity contribution in [3.63, 3.8) is 0 Å². The summed E-state index contributed by atoms with van der Waals surface area (Å²) in [6.45, 7) is 4.09. The fourth-order valence-electron chi connectivity index (χ4n) is 2.01. The molecule has 2 nitrogen and oxygen atoms in total. The lowest BCUT2D eigenvalue weighted by molar-refractivity contribution is 0.190. The minimum Gasteiger partial charge on any atom is -0.488 e. The van der Waals surface area contributed by atoms with Crippen molar-refractivity contribution in [3.8, 4) is 5.75 Å². The van der Waals surface area contributed by atoms with Crippen molar-refractivity contribution in [2.24, 2.45) is 0 Å². The highest BCUT2D eigenvalue weighted by Gasteiger charge is 2.10. The first kappa shape index (κ1) is 14.5. The van der Waals surface area contributed by atoms with Gasteiger partial charge in [0.15, 0.2) is 0 Å². The summed E-state index contributed by atoms with van der Waals surface area (Å²) in [5.74, 6) is 0.0188. The van der Waals surface area contributed by atoms with Gasteiger partial charge in [-0.15, -0.1) is 0 Å². The van der Waals surface area contributed by atoms with E-state index in [0.29, 0.717) is 17.9 Å². The summed E-state index contributed by atoms with van der Waals surface area (Å²) in [6, 6.07) is 12.3. The highest BCUT2D eigenvalue weighted by atomic mass is 19.1. The van der Waals surface area contributed by atoms with Crippen molar-refractivity contribution in [2.75, 3.05) is 0 Å². The number of aliphatic hydroxyl groups is 1. The third kappa shape index (κ3) is 3.58. The number of halogens is 1. The number of hydrogen-bond acceptors (Lipinski definition) is 2. The highest BCUT2D eigenvalue weighted by Crippen LogP contribution is 2.26. The Kier molecular flexibility index (Phi) is 4.74. The Balaban J connectivity index is 2.11. The summed E-state index contributed by atoms with van der Waals surface area (Å²) in [6.07, 6.45) is 0.310. The van der Waals surface area contributed by atoms with Gasteiger partial charge in [0, 0.05) is 11.6 Å². The molecule has 2 rings (SSSR count). The van der Waals surface area contributed by atoms with Crippen LogP contribution in [0.5, 0.6) is 5.75 Å². The maximum atomic E-state index is 13.3. The van der Waals surface area contributed by atoms with E-state index in [1.807, 2.05) is 12.1 Å². The van der Waals surface area contributed by atoms with Crippen LogP contribution < -0.4 is 4.74 Å². The van der Waals surface area contributed by atoms with E-state index >= 15 is 0 Å². The van der Waals surface area contributed by atoms with Crippen molar-refractivity contribution < 1.29 is 14.2 Å². The number of rotatable bonds is 5. The molecule has 0 saturated carbocycles. The van der Waals surface area contributed by atoms with Gasteiger partial charge < -0.3 is 9.84 Å². The first-order valence-electron chi connectivity index (χ1n) is 6.78. The molecule has 3 heteroatoms. The lowest BCUT2D eigenvalue weighted by atomic mass is 10.1. The number of aliphatic hydroxyl groups excluding tert-OH is 1. The maximum Gasteiger partial charge on any atom is 0.128 e. The largest absolute Gasteiger partial charge is 0.488 e. The molecule has 0 aromatic heterocycles. The van der Waals surface area contributed by atoms with Crippen LogP contribution in [-0.2, 0) is 13.0 Å². The molecule has 1 atom stereocenters. The highest BCUT2D eigenvalue weighted by molar-refractivity contribution is 5.36. The van der Waals surface area contributed by atoms with Gasteiger partial charge in [-0.2, -0.15) is 0 Å². The molecule has 0 fully saturated rings. The van der Waals surface area contributed by atoms with Crippen LogP contribution in [0.2, 0.25) is 0 Å². The van der Waals surface area contributed by atoms with E-state index in [9.17, 15) is 9.50 Å². The van der Waals surface area contributed by atoms with Crippen LogP contribution in [0.15, 0.2) is 42.5 Å². The monoisotopic (exact) mass is 274 g/mol. The van der Waals surface area contributed by atoms with Crippen molar-refractivity contribution >= 4 is 0 Å². The summed E-state index contributed by atoms with van der Waals surface area (Å²) in [5, 5.41) is 9.66. The molecular weight excluding hydrogens is 255 g/mol. The average Bonchev–Trinajstić information content (AvgIpc) is 2.45. The van der Waals surface area contributed by atoms with Gasteiger partial charge in [-0.3, -0.25) is 0 Å². The number of ether oxygens (including phenoxy) is 1. The average molecular weight is 274 g/mol. The van der Waals surface area contributed by atoms with Gasteiger partial charge in [-0.25, -0.2) is 4.39 Å². The SMILES string of the molecule is CCc1ccc(COc2cc(F)ccc2[C@H](C)O)cc1. The number of aryl methyl sites for hydroxylation is 1. The van der Waals surface area contributed by atoms with Gasteiger partial charge in [0.05, 0.1) is 6.10 Å². The Morgan fingerprint density at radius 1 is 1.10 bits per heavy atom. The lowest BCUT2D eigenvalue weighted by Gasteiger charge is -2.13. The van der Waals surface area contributed by atoms with Crippen LogP contribution in [0.4, 0.5) is 4.39 Å². The molecule has 0 aliphatic heterocycles. The van der Waals surface area contributed by atoms with Crippen LogP contribution in [0.3, 0.4) is 0 Å². The zero-order chi connectivity index (χ0) is 14.5. The summed E-state index contributed by atoms with van der Waals surface area (Å²) in [5.41, 5.74) is 2.88. The van der Waals surface area contributed by atoms with Gasteiger partial charge in [-0.1, -0.05) is 31.2 Å². The van der Waals surface area contributed by atoms with E-state index in [-0.39, 0.29) is 5.82 Å². The molecule has 106 valence electrons. The maximum absolute atomic E-state index is 13.3. The molecule has 0 radical (unpaired) electrons. The summed E-state index contributed by atoms with van der Waals surface area (Å²) >= 11 is 0. The Morgan fingerprint density at radius 3 is 2.35 bits per heavy atom. The number of hydrogen-bond donors (Lipinski definition) is 1. The van der Waals surface area contributed by atoms with Crippen LogP contribution in [0, 0.1) is 5.82 Å². The van der Waals surface area contributed by atoms with E-state index in [0.717, 1.165) is 12.0 Å². The molecule has 0 saturated heterocycles. The minimum absolute atomic E-state index is 0.354. The molecule has 0 aliphatic carbocycles. The smallest absolute Gasteiger partial charge is 0.128 e. The molecule has 0 aliphatic rings. The zero-order valence-corrected chi connectivity index (χ0v) is 11.8. The Morgan fingerprint density at radius 2 is 1.75 bits per heavy atom. The van der Waals surface area contributed by atoms with E-state index in [2.05, 4.69) is 19.1 Å². The summed E-state index contributed by atoms with van der Waals surface area (Å²) < 4.78 is 18.9. The van der Waals surface area contributed by atoms with Gasteiger partial charge in [0.25, 0.3) is 0 Å². The fraction of sp³-hybridized carbons (Fsp3) is 0.294. The fourth-order valence-corrected chi connectivity index (χ4v) is 2.01. The molecule has 0 unspecified atom stereocenters. The minimum atomic E-state index is -0.687. The Bertz CT molecular complexity index is 562. The Hall–Kier alpha value is -1.87. The molecular formula is C17H19FO2. The third-order valence-electron chi connectivity index (χ3n) is 3.25. The predicted molar refractivity (Wildman–Crippen MR) is 77.2 cm³/mol. The van der Waals surface area contributed by atoms with E-state index < -0.39 is 6.10 Å². The molecule has 2 aromatic carbocycles. The topological polar surface area (TPSA) is 29.5 Å². The second kappa shape index (κ2) is 6.53. The molecule has 2 aromatic rings. The van der Waals surface area contributed by atoms with Gasteiger partial charge in [0.1, 0.15) is 18.2 Å². The molecule has 0 heterocycles. The summed E-state index contributed by atoms with van der Waals surface area (Å²) in [7, 11) is 0. The zero-order valence-electron chi connectivity index (χ0n) is 11.8. The van der Waals surface area contributed by atoms with Crippen LogP contribution in [0.1, 0.15) is 36.6 Å². The predicted octanol–water partition coefficient (Wildman–Crippen LogP) is 4.02. The van der Waals surface area contributed by atoms with Crippen molar-refractivity contribution in [1.82, 2.24) is 0 Å². The van der Waals surface area contributed by atoms with Crippen LogP contribution >= 0.6 is 0 Å². The van der Waals surface area contributed by atoms with E-state index in [1.54, 1.807) is 13.0 Å². The summed E-state index contributed by atoms with van der Waals surface area (Å²) in [4.78, 5) is 0. The molecule has 0 spiro atoms. The molecule has 1 N–H and O–H groups in total. The second-order valence-corrected chi connectivity index (χ2v) is 4.82. The molecule has 0 bridgehead atoms. The third-order valence-corrected chi connectivity index (χ3v) is 3.25.